The summed E-state index contributed by atoms with van der Waals surface area (Å²) in [7, 11) is 0. The third-order valence-electron chi connectivity index (χ3n) is 2.97. The smallest absolute Gasteiger partial charge is 0.237 e. The van der Waals surface area contributed by atoms with Gasteiger partial charge in [0.25, 0.3) is 0 Å². The number of carbonyl (C=O) groups is 1. The van der Waals surface area contributed by atoms with E-state index in [0.717, 1.165) is 25.0 Å². The zero-order chi connectivity index (χ0) is 11.3. The summed E-state index contributed by atoms with van der Waals surface area (Å²) >= 11 is 1.68. The molecule has 0 aromatic carbocycles. The number of carbonyl (C=O) groups excluding carboxylic acids is 1. The second-order valence-corrected chi connectivity index (χ2v) is 5.15. The molecule has 0 unspecified atom stereocenters. The zero-order valence-electron chi connectivity index (χ0n) is 9.16. The number of aliphatic hydroxyl groups is 1. The third-order valence-corrected chi connectivity index (χ3v) is 3.62. The van der Waals surface area contributed by atoms with Crippen molar-refractivity contribution >= 4 is 17.7 Å². The summed E-state index contributed by atoms with van der Waals surface area (Å²) in [4.78, 5) is 11.7. The van der Waals surface area contributed by atoms with Gasteiger partial charge in [-0.2, -0.15) is 11.8 Å². The van der Waals surface area contributed by atoms with E-state index >= 15 is 0 Å². The van der Waals surface area contributed by atoms with Crippen LogP contribution in [0.3, 0.4) is 0 Å². The summed E-state index contributed by atoms with van der Waals surface area (Å²) in [6.45, 7) is 0.0218. The monoisotopic (exact) mass is 232 g/mol. The molecule has 5 heteroatoms. The maximum absolute atomic E-state index is 11.7. The average molecular weight is 232 g/mol. The van der Waals surface area contributed by atoms with E-state index in [1.54, 1.807) is 11.8 Å². The molecule has 4 N–H and O–H groups in total. The summed E-state index contributed by atoms with van der Waals surface area (Å²) < 4.78 is 0. The first-order valence-corrected chi connectivity index (χ1v) is 6.70. The zero-order valence-corrected chi connectivity index (χ0v) is 9.98. The normalized spacial score (nSPS) is 20.5. The van der Waals surface area contributed by atoms with E-state index in [-0.39, 0.29) is 18.1 Å². The third kappa shape index (κ3) is 3.36. The van der Waals surface area contributed by atoms with Gasteiger partial charge >= 0.3 is 0 Å². The van der Waals surface area contributed by atoms with E-state index in [1.165, 1.54) is 0 Å². The Morgan fingerprint density at radius 1 is 1.67 bits per heavy atom. The van der Waals surface area contributed by atoms with Crippen molar-refractivity contribution in [1.82, 2.24) is 5.32 Å². The number of aliphatic hydroxyl groups excluding tert-OH is 1. The molecule has 15 heavy (non-hydrogen) atoms. The van der Waals surface area contributed by atoms with E-state index < -0.39 is 6.04 Å². The number of hydrogen-bond acceptors (Lipinski definition) is 4. The molecule has 1 atom stereocenters. The fourth-order valence-corrected chi connectivity index (χ4v) is 2.15. The summed E-state index contributed by atoms with van der Waals surface area (Å²) in [6, 6.07) is -0.443. The molecule has 0 aromatic heterocycles. The first-order valence-electron chi connectivity index (χ1n) is 5.31. The highest BCUT2D eigenvalue weighted by Gasteiger charge is 2.38. The number of nitrogens with two attached hydrogens (primary N) is 1. The Bertz CT molecular complexity index is 214. The molecule has 0 spiro atoms. The Labute approximate surface area is 95.0 Å². The molecule has 1 saturated carbocycles. The summed E-state index contributed by atoms with van der Waals surface area (Å²) in [6.07, 6.45) is 5.48. The van der Waals surface area contributed by atoms with Crippen molar-refractivity contribution in [2.24, 2.45) is 5.73 Å². The molecule has 1 aliphatic rings. The highest BCUT2D eigenvalue weighted by molar-refractivity contribution is 7.98. The lowest BCUT2D eigenvalue weighted by atomic mass is 9.77. The van der Waals surface area contributed by atoms with Crippen LogP contribution >= 0.6 is 11.8 Å². The van der Waals surface area contributed by atoms with Crippen LogP contribution < -0.4 is 11.1 Å². The molecular weight excluding hydrogens is 212 g/mol. The van der Waals surface area contributed by atoms with Gasteiger partial charge in [0.05, 0.1) is 18.2 Å². The second-order valence-electron chi connectivity index (χ2n) is 4.17. The molecule has 1 rings (SSSR count). The van der Waals surface area contributed by atoms with Crippen LogP contribution in [0.25, 0.3) is 0 Å². The Kier molecular flexibility index (Phi) is 4.89. The van der Waals surface area contributed by atoms with Gasteiger partial charge in [-0.1, -0.05) is 0 Å². The van der Waals surface area contributed by atoms with Gasteiger partial charge in [-0.15, -0.1) is 0 Å². The average Bonchev–Trinajstić information content (AvgIpc) is 2.19. The number of thioether (sulfide) groups is 1. The minimum absolute atomic E-state index is 0.0218. The van der Waals surface area contributed by atoms with Crippen molar-refractivity contribution in [2.45, 2.75) is 37.3 Å². The Morgan fingerprint density at radius 3 is 2.73 bits per heavy atom. The SMILES string of the molecule is CSCC[C@H](N)C(=O)NC1(CO)CCC1. The van der Waals surface area contributed by atoms with Gasteiger partial charge in [0.2, 0.25) is 5.91 Å². The standard InChI is InChI=1S/C10H20N2O2S/c1-15-6-3-8(11)9(14)12-10(7-13)4-2-5-10/h8,13H,2-7,11H2,1H3,(H,12,14)/t8-/m0/s1. The van der Waals surface area contributed by atoms with E-state index in [1.807, 2.05) is 6.26 Å². The predicted molar refractivity (Wildman–Crippen MR) is 62.8 cm³/mol. The van der Waals surface area contributed by atoms with Gasteiger partial charge in [0, 0.05) is 0 Å². The number of rotatable bonds is 6. The van der Waals surface area contributed by atoms with Crippen molar-refractivity contribution in [1.29, 1.82) is 0 Å². The van der Waals surface area contributed by atoms with Crippen LogP contribution in [0.2, 0.25) is 0 Å². The van der Waals surface area contributed by atoms with Crippen LogP contribution in [0.5, 0.6) is 0 Å². The lowest BCUT2D eigenvalue weighted by Crippen LogP contribution is -2.59. The summed E-state index contributed by atoms with van der Waals surface area (Å²) in [5, 5.41) is 12.0. The molecule has 0 aliphatic heterocycles. The van der Waals surface area contributed by atoms with E-state index in [4.69, 9.17) is 5.73 Å². The maximum Gasteiger partial charge on any atom is 0.237 e. The lowest BCUT2D eigenvalue weighted by Gasteiger charge is -2.41. The van der Waals surface area contributed by atoms with Crippen molar-refractivity contribution in [2.75, 3.05) is 18.6 Å². The second kappa shape index (κ2) is 5.72. The van der Waals surface area contributed by atoms with Crippen LogP contribution in [-0.4, -0.2) is 41.2 Å². The number of nitrogens with one attached hydrogen (secondary N) is 1. The Balaban J connectivity index is 2.33. The summed E-state index contributed by atoms with van der Waals surface area (Å²) in [5.41, 5.74) is 5.37. The van der Waals surface area contributed by atoms with E-state index in [9.17, 15) is 9.90 Å². The molecule has 0 heterocycles. The van der Waals surface area contributed by atoms with Crippen molar-refractivity contribution < 1.29 is 9.90 Å². The van der Waals surface area contributed by atoms with Crippen LogP contribution in [0, 0.1) is 0 Å². The quantitative estimate of drug-likeness (QED) is 0.607. The minimum atomic E-state index is -0.443. The molecule has 0 aromatic rings. The number of amides is 1. The molecular formula is C10H20N2O2S. The fourth-order valence-electron chi connectivity index (χ4n) is 1.66. The molecule has 1 amide bonds. The van der Waals surface area contributed by atoms with Gasteiger partial charge in [-0.3, -0.25) is 4.79 Å². The molecule has 1 fully saturated rings. The predicted octanol–water partition coefficient (Wildman–Crippen LogP) is 0.0980. The van der Waals surface area contributed by atoms with Crippen molar-refractivity contribution in [3.63, 3.8) is 0 Å². The van der Waals surface area contributed by atoms with Crippen LogP contribution in [-0.2, 0) is 4.79 Å². The largest absolute Gasteiger partial charge is 0.394 e. The van der Waals surface area contributed by atoms with Crippen LogP contribution in [0.1, 0.15) is 25.7 Å². The molecule has 4 nitrogen and oxygen atoms in total. The molecule has 0 bridgehead atoms. The fraction of sp³-hybridized carbons (Fsp3) is 0.900. The van der Waals surface area contributed by atoms with E-state index in [0.29, 0.717) is 6.42 Å². The van der Waals surface area contributed by atoms with Gasteiger partial charge < -0.3 is 16.2 Å². The molecule has 0 saturated heterocycles. The maximum atomic E-state index is 11.7. The van der Waals surface area contributed by atoms with Crippen LogP contribution in [0.4, 0.5) is 0 Å². The van der Waals surface area contributed by atoms with Gasteiger partial charge in [-0.05, 0) is 37.7 Å². The minimum Gasteiger partial charge on any atom is -0.394 e. The first kappa shape index (κ1) is 12.8. The Morgan fingerprint density at radius 2 is 2.33 bits per heavy atom. The van der Waals surface area contributed by atoms with Crippen LogP contribution in [0.15, 0.2) is 0 Å². The summed E-state index contributed by atoms with van der Waals surface area (Å²) in [5.74, 6) is 0.763. The van der Waals surface area contributed by atoms with E-state index in [2.05, 4.69) is 5.32 Å². The van der Waals surface area contributed by atoms with Gasteiger partial charge in [0.15, 0.2) is 0 Å². The molecule has 1 aliphatic carbocycles. The van der Waals surface area contributed by atoms with Gasteiger partial charge in [-0.25, -0.2) is 0 Å². The van der Waals surface area contributed by atoms with Gasteiger partial charge in [0.1, 0.15) is 0 Å². The highest BCUT2D eigenvalue weighted by Crippen LogP contribution is 2.31. The molecule has 0 radical (unpaired) electrons. The highest BCUT2D eigenvalue weighted by atomic mass is 32.2. The Hall–Kier alpha value is -0.260. The lowest BCUT2D eigenvalue weighted by molar-refractivity contribution is -0.126. The molecule has 88 valence electrons. The first-order chi connectivity index (χ1) is 7.13. The van der Waals surface area contributed by atoms with Crippen molar-refractivity contribution in [3.05, 3.63) is 0 Å². The number of hydrogen-bond donors (Lipinski definition) is 3. The van der Waals surface area contributed by atoms with Crippen molar-refractivity contribution in [3.8, 4) is 0 Å². The topological polar surface area (TPSA) is 75.4 Å².